The maximum Gasteiger partial charge on any atom is 0.162 e. The second-order valence-electron chi connectivity index (χ2n) is 3.07. The van der Waals surface area contributed by atoms with E-state index in [0.717, 1.165) is 11.1 Å². The highest BCUT2D eigenvalue weighted by Crippen LogP contribution is 2.11. The summed E-state index contributed by atoms with van der Waals surface area (Å²) in [4.78, 5) is 23.2. The lowest BCUT2D eigenvalue weighted by Crippen LogP contribution is -2.01. The number of hydrogen-bond donors (Lipinski definition) is 0. The molecule has 0 atom stereocenters. The summed E-state index contributed by atoms with van der Waals surface area (Å²) in [6.07, 6.45) is 3.45. The lowest BCUT2D eigenvalue weighted by molar-refractivity contribution is -0.116. The van der Waals surface area contributed by atoms with E-state index in [4.69, 9.17) is 0 Å². The highest BCUT2D eigenvalue weighted by Gasteiger charge is 2.05. The van der Waals surface area contributed by atoms with Crippen LogP contribution in [0, 0.1) is 0 Å². The molecule has 0 amide bonds. The molecule has 0 spiro atoms. The summed E-state index contributed by atoms with van der Waals surface area (Å²) in [6.45, 7) is 1.55. The smallest absolute Gasteiger partial charge is 0.162 e. The van der Waals surface area contributed by atoms with Crippen LogP contribution < -0.4 is 0 Å². The van der Waals surface area contributed by atoms with Gasteiger partial charge in [-0.2, -0.15) is 0 Å². The van der Waals surface area contributed by atoms with Crippen molar-refractivity contribution in [1.82, 2.24) is 15.0 Å². The monoisotopic (exact) mass is 187 g/mol. The Hall–Kier alpha value is -1.84. The molecule has 2 aromatic heterocycles. The molecule has 70 valence electrons. The van der Waals surface area contributed by atoms with Gasteiger partial charge in [0.1, 0.15) is 12.1 Å². The minimum atomic E-state index is 0.0915. The predicted octanol–water partition coefficient (Wildman–Crippen LogP) is 1.16. The van der Waals surface area contributed by atoms with Gasteiger partial charge < -0.3 is 0 Å². The molecule has 0 N–H and O–H groups in total. The second kappa shape index (κ2) is 3.49. The largest absolute Gasteiger partial charge is 0.300 e. The molecule has 0 fully saturated rings. The Kier molecular flexibility index (Phi) is 2.18. The summed E-state index contributed by atoms with van der Waals surface area (Å²) in [5, 5.41) is 0.852. The Bertz CT molecular complexity index is 476. The zero-order valence-electron chi connectivity index (χ0n) is 7.77. The number of nitrogens with zero attached hydrogens (tertiary/aromatic N) is 3. The van der Waals surface area contributed by atoms with Gasteiger partial charge in [0.15, 0.2) is 5.65 Å². The van der Waals surface area contributed by atoms with Crippen LogP contribution in [0.4, 0.5) is 0 Å². The molecular formula is C10H9N3O. The first-order valence-corrected chi connectivity index (χ1v) is 4.31. The van der Waals surface area contributed by atoms with Gasteiger partial charge in [0, 0.05) is 18.0 Å². The summed E-state index contributed by atoms with van der Waals surface area (Å²) in [7, 11) is 0. The molecule has 0 unspecified atom stereocenters. The molecule has 0 bridgehead atoms. The van der Waals surface area contributed by atoms with Crippen LogP contribution in [0.15, 0.2) is 24.7 Å². The van der Waals surface area contributed by atoms with Gasteiger partial charge in [-0.3, -0.25) is 4.79 Å². The number of Topliss-reactive ketones (excluding diaryl/α,β-unsaturated/α-hetero) is 1. The van der Waals surface area contributed by atoms with E-state index < -0.39 is 0 Å². The van der Waals surface area contributed by atoms with Crippen molar-refractivity contribution in [3.63, 3.8) is 0 Å². The number of hydrogen-bond acceptors (Lipinski definition) is 4. The molecule has 0 aromatic carbocycles. The quantitative estimate of drug-likeness (QED) is 0.707. The number of rotatable bonds is 2. The fraction of sp³-hybridized carbons (Fsp3) is 0.200. The first kappa shape index (κ1) is 8.74. The fourth-order valence-electron chi connectivity index (χ4n) is 1.32. The van der Waals surface area contributed by atoms with Gasteiger partial charge in [-0.15, -0.1) is 0 Å². The predicted molar refractivity (Wildman–Crippen MR) is 51.7 cm³/mol. The highest BCUT2D eigenvalue weighted by molar-refractivity contribution is 5.84. The van der Waals surface area contributed by atoms with Crippen molar-refractivity contribution in [3.8, 4) is 0 Å². The van der Waals surface area contributed by atoms with Crippen LogP contribution in [0.5, 0.6) is 0 Å². The van der Waals surface area contributed by atoms with E-state index in [1.165, 1.54) is 6.33 Å². The van der Waals surface area contributed by atoms with Crippen LogP contribution in [0.25, 0.3) is 11.0 Å². The Morgan fingerprint density at radius 2 is 2.21 bits per heavy atom. The molecule has 0 radical (unpaired) electrons. The number of aromatic nitrogens is 3. The molecule has 4 heteroatoms. The van der Waals surface area contributed by atoms with Crippen molar-refractivity contribution in [2.45, 2.75) is 13.3 Å². The van der Waals surface area contributed by atoms with Gasteiger partial charge in [-0.25, -0.2) is 15.0 Å². The Balaban J connectivity index is 2.59. The normalized spacial score (nSPS) is 10.4. The van der Waals surface area contributed by atoms with Gasteiger partial charge in [0.2, 0.25) is 0 Å². The highest BCUT2D eigenvalue weighted by atomic mass is 16.1. The van der Waals surface area contributed by atoms with Crippen LogP contribution in [0.2, 0.25) is 0 Å². The van der Waals surface area contributed by atoms with Crippen molar-refractivity contribution < 1.29 is 4.79 Å². The van der Waals surface area contributed by atoms with Crippen molar-refractivity contribution >= 4 is 16.8 Å². The molecule has 4 nitrogen and oxygen atoms in total. The summed E-state index contributed by atoms with van der Waals surface area (Å²) in [5.41, 5.74) is 1.38. The lowest BCUT2D eigenvalue weighted by atomic mass is 10.1. The van der Waals surface area contributed by atoms with E-state index in [0.29, 0.717) is 12.1 Å². The number of ketones is 1. The zero-order valence-corrected chi connectivity index (χ0v) is 7.77. The Labute approximate surface area is 81.0 Å². The van der Waals surface area contributed by atoms with Crippen LogP contribution in [-0.4, -0.2) is 20.7 Å². The summed E-state index contributed by atoms with van der Waals surface area (Å²) >= 11 is 0. The van der Waals surface area contributed by atoms with Crippen LogP contribution in [0.1, 0.15) is 12.6 Å². The van der Waals surface area contributed by atoms with E-state index in [1.807, 2.05) is 12.1 Å². The van der Waals surface area contributed by atoms with E-state index in [-0.39, 0.29) is 5.78 Å². The van der Waals surface area contributed by atoms with E-state index in [2.05, 4.69) is 15.0 Å². The van der Waals surface area contributed by atoms with Gasteiger partial charge in [0.05, 0.1) is 5.69 Å². The average Bonchev–Trinajstić information content (AvgIpc) is 2.18. The first-order valence-electron chi connectivity index (χ1n) is 4.31. The SMILES string of the molecule is CC(=O)Cc1ncnc2ncccc12. The van der Waals surface area contributed by atoms with E-state index in [1.54, 1.807) is 13.1 Å². The first-order chi connectivity index (χ1) is 6.77. The van der Waals surface area contributed by atoms with Crippen molar-refractivity contribution in [3.05, 3.63) is 30.4 Å². The molecular weight excluding hydrogens is 178 g/mol. The fourth-order valence-corrected chi connectivity index (χ4v) is 1.32. The lowest BCUT2D eigenvalue weighted by Gasteiger charge is -2.00. The minimum absolute atomic E-state index is 0.0915. The second-order valence-corrected chi connectivity index (χ2v) is 3.07. The maximum atomic E-state index is 11.0. The minimum Gasteiger partial charge on any atom is -0.300 e. The van der Waals surface area contributed by atoms with Crippen molar-refractivity contribution in [2.75, 3.05) is 0 Å². The third kappa shape index (κ3) is 1.59. The maximum absolute atomic E-state index is 11.0. The van der Waals surface area contributed by atoms with E-state index in [9.17, 15) is 4.79 Å². The molecule has 0 aliphatic heterocycles. The number of fused-ring (bicyclic) bond motifs is 1. The van der Waals surface area contributed by atoms with E-state index >= 15 is 0 Å². The molecule has 0 aliphatic carbocycles. The Morgan fingerprint density at radius 3 is 3.00 bits per heavy atom. The number of pyridine rings is 1. The third-order valence-corrected chi connectivity index (χ3v) is 1.91. The number of carbonyl (C=O) groups excluding carboxylic acids is 1. The molecule has 2 rings (SSSR count). The van der Waals surface area contributed by atoms with Crippen LogP contribution >= 0.6 is 0 Å². The van der Waals surface area contributed by atoms with Gasteiger partial charge in [-0.1, -0.05) is 0 Å². The molecule has 0 saturated heterocycles. The zero-order chi connectivity index (χ0) is 9.97. The molecule has 14 heavy (non-hydrogen) atoms. The van der Waals surface area contributed by atoms with Crippen molar-refractivity contribution in [2.24, 2.45) is 0 Å². The molecule has 0 saturated carbocycles. The van der Waals surface area contributed by atoms with Gasteiger partial charge in [0.25, 0.3) is 0 Å². The van der Waals surface area contributed by atoms with Gasteiger partial charge >= 0.3 is 0 Å². The van der Waals surface area contributed by atoms with Gasteiger partial charge in [-0.05, 0) is 19.1 Å². The molecule has 2 heterocycles. The summed E-state index contributed by atoms with van der Waals surface area (Å²) < 4.78 is 0. The van der Waals surface area contributed by atoms with Crippen molar-refractivity contribution in [1.29, 1.82) is 0 Å². The Morgan fingerprint density at radius 1 is 1.36 bits per heavy atom. The standard InChI is InChI=1S/C10H9N3O/c1-7(14)5-9-8-3-2-4-11-10(8)13-6-12-9/h2-4,6H,5H2,1H3. The summed E-state index contributed by atoms with van der Waals surface area (Å²) in [5.74, 6) is 0.0915. The molecule has 0 aliphatic rings. The topological polar surface area (TPSA) is 55.7 Å². The molecule has 2 aromatic rings. The number of carbonyl (C=O) groups is 1. The summed E-state index contributed by atoms with van der Waals surface area (Å²) in [6, 6.07) is 3.69. The third-order valence-electron chi connectivity index (χ3n) is 1.91. The van der Waals surface area contributed by atoms with Crippen LogP contribution in [-0.2, 0) is 11.2 Å². The average molecular weight is 187 g/mol. The van der Waals surface area contributed by atoms with Crippen LogP contribution in [0.3, 0.4) is 0 Å².